The van der Waals surface area contributed by atoms with Crippen LogP contribution in [0.5, 0.6) is 5.75 Å². The average Bonchev–Trinajstić information content (AvgIpc) is 2.15. The van der Waals surface area contributed by atoms with Crippen LogP contribution in [-0.4, -0.2) is 18.8 Å². The minimum atomic E-state index is -2.63. The second-order valence-electron chi connectivity index (χ2n) is 2.90. The fraction of sp³-hybridized carbons (Fsp3) is 0.300. The van der Waals surface area contributed by atoms with Crippen molar-refractivity contribution < 1.29 is 22.7 Å². The molecule has 0 aromatic heterocycles. The van der Waals surface area contributed by atoms with Gasteiger partial charge >= 0.3 is 0 Å². The van der Waals surface area contributed by atoms with E-state index in [1.54, 1.807) is 0 Å². The SMILES string of the molecule is CC(=O)c1cc(F)ccc1OCC(F)F. The molecule has 0 atom stereocenters. The van der Waals surface area contributed by atoms with Gasteiger partial charge in [0.2, 0.25) is 0 Å². The molecule has 5 heteroatoms. The lowest BCUT2D eigenvalue weighted by Gasteiger charge is -2.08. The topological polar surface area (TPSA) is 26.3 Å². The van der Waals surface area contributed by atoms with E-state index < -0.39 is 24.6 Å². The number of carbonyl (C=O) groups excluding carboxylic acids is 1. The molecule has 0 saturated carbocycles. The Balaban J connectivity index is 2.91. The van der Waals surface area contributed by atoms with Crippen molar-refractivity contribution in [3.8, 4) is 5.75 Å². The Morgan fingerprint density at radius 1 is 1.47 bits per heavy atom. The van der Waals surface area contributed by atoms with Crippen LogP contribution in [-0.2, 0) is 0 Å². The van der Waals surface area contributed by atoms with E-state index >= 15 is 0 Å². The van der Waals surface area contributed by atoms with Gasteiger partial charge in [0.15, 0.2) is 5.78 Å². The van der Waals surface area contributed by atoms with Gasteiger partial charge in [-0.3, -0.25) is 4.79 Å². The number of benzene rings is 1. The second kappa shape index (κ2) is 4.82. The maximum Gasteiger partial charge on any atom is 0.272 e. The Hall–Kier alpha value is -1.52. The van der Waals surface area contributed by atoms with E-state index in [1.165, 1.54) is 6.92 Å². The van der Waals surface area contributed by atoms with Gasteiger partial charge in [0.25, 0.3) is 6.43 Å². The molecule has 0 aliphatic heterocycles. The van der Waals surface area contributed by atoms with E-state index in [2.05, 4.69) is 4.74 Å². The lowest BCUT2D eigenvalue weighted by Crippen LogP contribution is -2.09. The molecule has 0 bridgehead atoms. The van der Waals surface area contributed by atoms with E-state index in [0.29, 0.717) is 0 Å². The van der Waals surface area contributed by atoms with Crippen LogP contribution in [0.1, 0.15) is 17.3 Å². The Kier molecular flexibility index (Phi) is 3.71. The van der Waals surface area contributed by atoms with Crippen LogP contribution >= 0.6 is 0 Å². The fourth-order valence-corrected chi connectivity index (χ4v) is 1.06. The lowest BCUT2D eigenvalue weighted by atomic mass is 10.1. The van der Waals surface area contributed by atoms with E-state index in [1.807, 2.05) is 0 Å². The van der Waals surface area contributed by atoms with Gasteiger partial charge in [-0.1, -0.05) is 0 Å². The molecular formula is C10H9F3O2. The fourth-order valence-electron chi connectivity index (χ4n) is 1.06. The van der Waals surface area contributed by atoms with Crippen molar-refractivity contribution in [3.05, 3.63) is 29.6 Å². The summed E-state index contributed by atoms with van der Waals surface area (Å²) >= 11 is 0. The molecule has 15 heavy (non-hydrogen) atoms. The summed E-state index contributed by atoms with van der Waals surface area (Å²) in [6.07, 6.45) is -2.63. The van der Waals surface area contributed by atoms with Gasteiger partial charge in [-0.2, -0.15) is 0 Å². The lowest BCUT2D eigenvalue weighted by molar-refractivity contribution is 0.0802. The third-order valence-electron chi connectivity index (χ3n) is 1.69. The molecule has 0 aliphatic rings. The zero-order valence-electron chi connectivity index (χ0n) is 7.97. The van der Waals surface area contributed by atoms with Crippen molar-refractivity contribution in [2.45, 2.75) is 13.3 Å². The molecule has 2 nitrogen and oxygen atoms in total. The molecule has 0 amide bonds. The molecule has 1 rings (SSSR count). The van der Waals surface area contributed by atoms with E-state index in [-0.39, 0.29) is 11.3 Å². The first-order valence-corrected chi connectivity index (χ1v) is 4.22. The molecule has 82 valence electrons. The number of Topliss-reactive ketones (excluding diaryl/α,β-unsaturated/α-hetero) is 1. The van der Waals surface area contributed by atoms with Crippen molar-refractivity contribution >= 4 is 5.78 Å². The zero-order valence-corrected chi connectivity index (χ0v) is 7.97. The highest BCUT2D eigenvalue weighted by Gasteiger charge is 2.11. The molecule has 0 aliphatic carbocycles. The van der Waals surface area contributed by atoms with Crippen molar-refractivity contribution in [3.63, 3.8) is 0 Å². The average molecular weight is 218 g/mol. The molecule has 0 heterocycles. The molecule has 0 spiro atoms. The van der Waals surface area contributed by atoms with Crippen LogP contribution in [0.2, 0.25) is 0 Å². The normalized spacial score (nSPS) is 10.5. The summed E-state index contributed by atoms with van der Waals surface area (Å²) in [7, 11) is 0. The predicted molar refractivity (Wildman–Crippen MR) is 47.9 cm³/mol. The van der Waals surface area contributed by atoms with Gasteiger partial charge < -0.3 is 4.74 Å². The van der Waals surface area contributed by atoms with Gasteiger partial charge in [-0.15, -0.1) is 0 Å². The van der Waals surface area contributed by atoms with E-state index in [4.69, 9.17) is 0 Å². The first-order valence-electron chi connectivity index (χ1n) is 4.22. The van der Waals surface area contributed by atoms with Crippen LogP contribution < -0.4 is 4.74 Å². The summed E-state index contributed by atoms with van der Waals surface area (Å²) in [5.41, 5.74) is -0.0318. The van der Waals surface area contributed by atoms with Gasteiger partial charge in [-0.05, 0) is 25.1 Å². The smallest absolute Gasteiger partial charge is 0.272 e. The van der Waals surface area contributed by atoms with Gasteiger partial charge in [0.1, 0.15) is 18.2 Å². The molecule has 0 fully saturated rings. The standard InChI is InChI=1S/C10H9F3O2/c1-6(14)8-4-7(11)2-3-9(8)15-5-10(12)13/h2-4,10H,5H2,1H3. The molecular weight excluding hydrogens is 209 g/mol. The summed E-state index contributed by atoms with van der Waals surface area (Å²) in [5, 5.41) is 0. The molecule has 0 radical (unpaired) electrons. The predicted octanol–water partition coefficient (Wildman–Crippen LogP) is 2.67. The highest BCUT2D eigenvalue weighted by molar-refractivity contribution is 5.96. The number of ether oxygens (including phenoxy) is 1. The van der Waals surface area contributed by atoms with Crippen LogP contribution in [0.3, 0.4) is 0 Å². The first-order chi connectivity index (χ1) is 7.00. The van der Waals surface area contributed by atoms with Crippen molar-refractivity contribution in [1.29, 1.82) is 0 Å². The minimum Gasteiger partial charge on any atom is -0.487 e. The molecule has 0 unspecified atom stereocenters. The number of ketones is 1. The van der Waals surface area contributed by atoms with Crippen LogP contribution in [0.25, 0.3) is 0 Å². The summed E-state index contributed by atoms with van der Waals surface area (Å²) in [6.45, 7) is 0.399. The Bertz CT molecular complexity index is 364. The highest BCUT2D eigenvalue weighted by Crippen LogP contribution is 2.20. The van der Waals surface area contributed by atoms with E-state index in [0.717, 1.165) is 18.2 Å². The Morgan fingerprint density at radius 2 is 2.13 bits per heavy atom. The van der Waals surface area contributed by atoms with Crippen molar-refractivity contribution in [2.24, 2.45) is 0 Å². The summed E-state index contributed by atoms with van der Waals surface area (Å²) < 4.78 is 41.1. The molecule has 0 N–H and O–H groups in total. The van der Waals surface area contributed by atoms with Crippen molar-refractivity contribution in [2.75, 3.05) is 6.61 Å². The van der Waals surface area contributed by atoms with Gasteiger partial charge in [0, 0.05) is 0 Å². The number of hydrogen-bond donors (Lipinski definition) is 0. The molecule has 0 saturated heterocycles. The Morgan fingerprint density at radius 3 is 2.67 bits per heavy atom. The monoisotopic (exact) mass is 218 g/mol. The van der Waals surface area contributed by atoms with Crippen LogP contribution in [0.4, 0.5) is 13.2 Å². The number of rotatable bonds is 4. The van der Waals surface area contributed by atoms with Crippen molar-refractivity contribution in [1.82, 2.24) is 0 Å². The summed E-state index contributed by atoms with van der Waals surface area (Å²) in [6, 6.07) is 3.17. The quantitative estimate of drug-likeness (QED) is 0.726. The summed E-state index contributed by atoms with van der Waals surface area (Å²) in [4.78, 5) is 11.0. The maximum atomic E-state index is 12.8. The second-order valence-corrected chi connectivity index (χ2v) is 2.90. The third kappa shape index (κ3) is 3.27. The number of carbonyl (C=O) groups is 1. The largest absolute Gasteiger partial charge is 0.487 e. The van der Waals surface area contributed by atoms with E-state index in [9.17, 15) is 18.0 Å². The highest BCUT2D eigenvalue weighted by atomic mass is 19.3. The number of halogens is 3. The van der Waals surface area contributed by atoms with Gasteiger partial charge in [-0.25, -0.2) is 13.2 Å². The molecule has 1 aromatic rings. The third-order valence-corrected chi connectivity index (χ3v) is 1.69. The summed E-state index contributed by atoms with van der Waals surface area (Å²) in [5.74, 6) is -1.06. The number of hydrogen-bond acceptors (Lipinski definition) is 2. The zero-order chi connectivity index (χ0) is 11.4. The van der Waals surface area contributed by atoms with Crippen LogP contribution in [0, 0.1) is 5.82 Å². The Labute approximate surface area is 84.7 Å². The number of alkyl halides is 2. The molecule has 1 aromatic carbocycles. The van der Waals surface area contributed by atoms with Crippen LogP contribution in [0.15, 0.2) is 18.2 Å². The maximum absolute atomic E-state index is 12.8. The van der Waals surface area contributed by atoms with Gasteiger partial charge in [0.05, 0.1) is 5.56 Å². The first kappa shape index (κ1) is 11.6. The minimum absolute atomic E-state index is 0.0239.